The van der Waals surface area contributed by atoms with Gasteiger partial charge in [-0.3, -0.25) is 9.36 Å². The van der Waals surface area contributed by atoms with E-state index in [1.807, 2.05) is 27.0 Å². The number of aromatic nitrogens is 5. The van der Waals surface area contributed by atoms with E-state index in [-0.39, 0.29) is 11.6 Å². The zero-order valence-electron chi connectivity index (χ0n) is 19.8. The first kappa shape index (κ1) is 22.1. The van der Waals surface area contributed by atoms with Crippen molar-refractivity contribution in [1.29, 1.82) is 0 Å². The molecule has 6 rings (SSSR count). The third kappa shape index (κ3) is 3.76. The zero-order chi connectivity index (χ0) is 24.4. The highest BCUT2D eigenvalue weighted by Crippen LogP contribution is 2.42. The molecule has 2 aliphatic rings. The van der Waals surface area contributed by atoms with Crippen molar-refractivity contribution < 1.29 is 9.13 Å². The van der Waals surface area contributed by atoms with Gasteiger partial charge < -0.3 is 10.5 Å². The van der Waals surface area contributed by atoms with Crippen molar-refractivity contribution in [2.24, 2.45) is 13.0 Å². The molecule has 35 heavy (non-hydrogen) atoms. The lowest BCUT2D eigenvalue weighted by Gasteiger charge is -2.22. The van der Waals surface area contributed by atoms with Gasteiger partial charge in [-0.05, 0) is 56.9 Å². The van der Waals surface area contributed by atoms with Crippen LogP contribution < -0.4 is 10.5 Å². The van der Waals surface area contributed by atoms with E-state index in [0.717, 1.165) is 45.9 Å². The summed E-state index contributed by atoms with van der Waals surface area (Å²) in [4.78, 5) is 4.44. The second kappa shape index (κ2) is 8.09. The molecule has 1 aromatic carbocycles. The van der Waals surface area contributed by atoms with Gasteiger partial charge in [0.15, 0.2) is 16.7 Å². The summed E-state index contributed by atoms with van der Waals surface area (Å²) in [6, 6.07) is 6.61. The molecule has 4 aromatic rings. The maximum Gasteiger partial charge on any atom is 0.166 e. The topological polar surface area (TPSA) is 83.8 Å². The quantitative estimate of drug-likeness (QED) is 0.400. The van der Waals surface area contributed by atoms with Crippen molar-refractivity contribution in [3.63, 3.8) is 0 Å². The fourth-order valence-corrected chi connectivity index (χ4v) is 5.32. The molecule has 2 N–H and O–H groups in total. The van der Waals surface area contributed by atoms with Crippen LogP contribution in [0.4, 0.5) is 10.2 Å². The van der Waals surface area contributed by atoms with Crippen LogP contribution in [0.3, 0.4) is 0 Å². The summed E-state index contributed by atoms with van der Waals surface area (Å²) < 4.78 is 24.6. The molecule has 4 heterocycles. The van der Waals surface area contributed by atoms with Crippen LogP contribution in [0.1, 0.15) is 48.3 Å². The number of nitrogen functional groups attached to an aromatic ring is 1. The summed E-state index contributed by atoms with van der Waals surface area (Å²) in [5.74, 6) is 1.03. The summed E-state index contributed by atoms with van der Waals surface area (Å²) in [6.45, 7) is 4.75. The Kier molecular flexibility index (Phi) is 5.11. The first-order chi connectivity index (χ1) is 16.8. The third-order valence-corrected chi connectivity index (χ3v) is 7.30. The van der Waals surface area contributed by atoms with Gasteiger partial charge in [0.05, 0.1) is 17.1 Å². The van der Waals surface area contributed by atoms with Gasteiger partial charge >= 0.3 is 0 Å². The second-order valence-electron chi connectivity index (χ2n) is 9.56. The van der Waals surface area contributed by atoms with E-state index in [0.29, 0.717) is 28.8 Å². The fraction of sp³-hybridized carbons (Fsp3) is 0.346. The first-order valence-electron chi connectivity index (χ1n) is 11.8. The van der Waals surface area contributed by atoms with E-state index in [2.05, 4.69) is 14.8 Å². The SMILES string of the molecule is Cc1nn(CC2CC2)c2c1Cc1c(Cl)nn(C)c1-c1ccc(F)cc1C(C)Oc1cc-2cnc1N. The number of hydrogen-bond donors (Lipinski definition) is 1. The second-order valence-corrected chi connectivity index (χ2v) is 9.91. The van der Waals surface area contributed by atoms with Gasteiger partial charge in [0.1, 0.15) is 11.9 Å². The molecule has 1 atom stereocenters. The van der Waals surface area contributed by atoms with Crippen LogP contribution in [0.5, 0.6) is 5.75 Å². The highest BCUT2D eigenvalue weighted by molar-refractivity contribution is 6.30. The highest BCUT2D eigenvalue weighted by Gasteiger charge is 2.29. The number of hydrogen-bond acceptors (Lipinski definition) is 5. The fourth-order valence-electron chi connectivity index (χ4n) is 5.05. The van der Waals surface area contributed by atoms with Gasteiger partial charge in [-0.15, -0.1) is 0 Å². The van der Waals surface area contributed by atoms with Crippen LogP contribution in [-0.4, -0.2) is 24.5 Å². The lowest BCUT2D eigenvalue weighted by atomic mass is 9.93. The average molecular weight is 493 g/mol. The number of rotatable bonds is 2. The van der Waals surface area contributed by atoms with Crippen LogP contribution in [0.2, 0.25) is 5.15 Å². The monoisotopic (exact) mass is 492 g/mol. The van der Waals surface area contributed by atoms with Gasteiger partial charge in [0.2, 0.25) is 0 Å². The molecule has 7 nitrogen and oxygen atoms in total. The molecule has 0 radical (unpaired) electrons. The smallest absolute Gasteiger partial charge is 0.166 e. The Morgan fingerprint density at radius 3 is 2.74 bits per heavy atom. The van der Waals surface area contributed by atoms with Crippen molar-refractivity contribution in [3.05, 3.63) is 63.8 Å². The predicted molar refractivity (Wildman–Crippen MR) is 133 cm³/mol. The van der Waals surface area contributed by atoms with Crippen LogP contribution in [0.15, 0.2) is 30.5 Å². The van der Waals surface area contributed by atoms with Gasteiger partial charge in [-0.2, -0.15) is 10.2 Å². The number of pyridine rings is 1. The lowest BCUT2D eigenvalue weighted by molar-refractivity contribution is 0.227. The molecule has 1 fully saturated rings. The van der Waals surface area contributed by atoms with Crippen molar-refractivity contribution in [2.75, 3.05) is 5.73 Å². The number of halogens is 2. The Balaban J connectivity index is 1.65. The van der Waals surface area contributed by atoms with E-state index in [4.69, 9.17) is 27.2 Å². The van der Waals surface area contributed by atoms with Crippen LogP contribution in [-0.2, 0) is 20.0 Å². The Morgan fingerprint density at radius 2 is 1.97 bits per heavy atom. The van der Waals surface area contributed by atoms with Crippen molar-refractivity contribution in [1.82, 2.24) is 24.5 Å². The van der Waals surface area contributed by atoms with Crippen LogP contribution >= 0.6 is 11.6 Å². The zero-order valence-corrected chi connectivity index (χ0v) is 20.6. The predicted octanol–water partition coefficient (Wildman–Crippen LogP) is 5.48. The van der Waals surface area contributed by atoms with E-state index in [9.17, 15) is 4.39 Å². The number of nitrogens with two attached hydrogens (primary N) is 1. The molecule has 1 unspecified atom stereocenters. The summed E-state index contributed by atoms with van der Waals surface area (Å²) >= 11 is 6.70. The summed E-state index contributed by atoms with van der Waals surface area (Å²) in [7, 11) is 1.85. The summed E-state index contributed by atoms with van der Waals surface area (Å²) in [5, 5.41) is 9.86. The van der Waals surface area contributed by atoms with Gasteiger partial charge in [-0.25, -0.2) is 9.37 Å². The molecular weight excluding hydrogens is 467 g/mol. The number of ether oxygens (including phenoxy) is 1. The molecule has 1 aliphatic heterocycles. The van der Waals surface area contributed by atoms with E-state index < -0.39 is 6.10 Å². The Hall–Kier alpha value is -3.39. The summed E-state index contributed by atoms with van der Waals surface area (Å²) in [6.07, 6.45) is 4.22. The average Bonchev–Trinajstić information content (AvgIpc) is 3.51. The molecule has 0 amide bonds. The van der Waals surface area contributed by atoms with Crippen LogP contribution in [0.25, 0.3) is 22.5 Å². The molecular formula is C26H26ClFN6O. The Morgan fingerprint density at radius 1 is 1.17 bits per heavy atom. The molecule has 180 valence electrons. The third-order valence-electron chi connectivity index (χ3n) is 6.99. The molecule has 0 spiro atoms. The summed E-state index contributed by atoms with van der Waals surface area (Å²) in [5.41, 5.74) is 13.3. The Bertz CT molecular complexity index is 1470. The van der Waals surface area contributed by atoms with Crippen LogP contribution in [0, 0.1) is 18.7 Å². The maximum absolute atomic E-state index is 14.4. The highest BCUT2D eigenvalue weighted by atomic mass is 35.5. The number of nitrogens with zero attached hydrogens (tertiary/aromatic N) is 5. The van der Waals surface area contributed by atoms with Gasteiger partial charge in [0.25, 0.3) is 0 Å². The number of fused-ring (bicyclic) bond motifs is 7. The maximum atomic E-state index is 14.4. The molecule has 3 aromatic heterocycles. The normalized spacial score (nSPS) is 17.0. The molecule has 0 saturated heterocycles. The molecule has 1 saturated carbocycles. The van der Waals surface area contributed by atoms with Gasteiger partial charge in [-0.1, -0.05) is 11.6 Å². The number of anilines is 1. The number of benzene rings is 1. The largest absolute Gasteiger partial charge is 0.482 e. The molecule has 2 bridgehead atoms. The lowest BCUT2D eigenvalue weighted by Crippen LogP contribution is -2.11. The minimum atomic E-state index is -0.501. The van der Waals surface area contributed by atoms with Gasteiger partial charge in [0, 0.05) is 54.0 Å². The Labute approximate surface area is 207 Å². The van der Waals surface area contributed by atoms with E-state index in [1.54, 1.807) is 16.9 Å². The minimum absolute atomic E-state index is 0.284. The standard InChI is InChI=1S/C26H26ClFN6O/c1-13-19-10-21-24(33(3)32-25(21)27)18-7-6-17(28)9-20(18)14(2)35-22-8-16(11-30-26(22)29)23(19)34(31-13)12-15-4-5-15/h6-9,11,14-15H,4-5,10,12H2,1-3H3,(H2,29,30). The van der Waals surface area contributed by atoms with E-state index in [1.165, 1.54) is 25.0 Å². The van der Waals surface area contributed by atoms with Crippen molar-refractivity contribution in [3.8, 4) is 28.3 Å². The number of aryl methyl sites for hydroxylation is 2. The minimum Gasteiger partial charge on any atom is -0.482 e. The first-order valence-corrected chi connectivity index (χ1v) is 12.2. The molecule has 9 heteroatoms. The van der Waals surface area contributed by atoms with Crippen molar-refractivity contribution in [2.45, 2.75) is 45.8 Å². The molecule has 1 aliphatic carbocycles. The van der Waals surface area contributed by atoms with E-state index >= 15 is 0 Å². The van der Waals surface area contributed by atoms with Crippen molar-refractivity contribution >= 4 is 17.4 Å².